The van der Waals surface area contributed by atoms with Crippen LogP contribution in [-0.2, 0) is 0 Å². The molecule has 5 heteroatoms. The van der Waals surface area contributed by atoms with Crippen molar-refractivity contribution < 1.29 is 14.3 Å². The second-order valence-corrected chi connectivity index (χ2v) is 4.41. The summed E-state index contributed by atoms with van der Waals surface area (Å²) < 4.78 is 10.5. The Morgan fingerprint density at radius 1 is 1.44 bits per heavy atom. The molecule has 1 unspecified atom stereocenters. The first-order valence-electron chi connectivity index (χ1n) is 6.00. The van der Waals surface area contributed by atoms with E-state index < -0.39 is 0 Å². The average molecular weight is 250 g/mol. The number of carbonyl (C=O) groups excluding carboxylic acids is 1. The van der Waals surface area contributed by atoms with Gasteiger partial charge in [0.25, 0.3) is 5.91 Å². The molecule has 18 heavy (non-hydrogen) atoms. The minimum absolute atomic E-state index is 0.0331. The monoisotopic (exact) mass is 250 g/mol. The molecule has 0 spiro atoms. The Hall–Kier alpha value is -1.75. The molecule has 1 atom stereocenters. The zero-order valence-electron chi connectivity index (χ0n) is 10.7. The first kappa shape index (κ1) is 12.7. The van der Waals surface area contributed by atoms with Crippen molar-refractivity contribution in [1.29, 1.82) is 0 Å². The lowest BCUT2D eigenvalue weighted by molar-refractivity contribution is 0.0738. The maximum absolute atomic E-state index is 12.2. The normalized spacial score (nSPS) is 14.4. The first-order chi connectivity index (χ1) is 8.63. The molecule has 0 saturated heterocycles. The number of hydrogen-bond donors (Lipinski definition) is 1. The van der Waals surface area contributed by atoms with Gasteiger partial charge in [0, 0.05) is 18.7 Å². The zero-order chi connectivity index (χ0) is 13.1. The van der Waals surface area contributed by atoms with E-state index in [-0.39, 0.29) is 18.7 Å². The molecule has 1 aliphatic rings. The second kappa shape index (κ2) is 5.27. The van der Waals surface area contributed by atoms with Crippen LogP contribution in [0.4, 0.5) is 0 Å². The van der Waals surface area contributed by atoms with E-state index in [1.54, 1.807) is 30.1 Å². The molecule has 1 aliphatic heterocycles. The summed E-state index contributed by atoms with van der Waals surface area (Å²) >= 11 is 0. The van der Waals surface area contributed by atoms with Gasteiger partial charge in [-0.2, -0.15) is 0 Å². The molecule has 0 radical (unpaired) electrons. The number of benzene rings is 1. The minimum Gasteiger partial charge on any atom is -0.454 e. The Morgan fingerprint density at radius 2 is 2.17 bits per heavy atom. The summed E-state index contributed by atoms with van der Waals surface area (Å²) in [7, 11) is 1.78. The van der Waals surface area contributed by atoms with E-state index >= 15 is 0 Å². The van der Waals surface area contributed by atoms with Gasteiger partial charge in [0.2, 0.25) is 6.79 Å². The van der Waals surface area contributed by atoms with Gasteiger partial charge in [0.1, 0.15) is 0 Å². The van der Waals surface area contributed by atoms with Gasteiger partial charge in [0.05, 0.1) is 0 Å². The fourth-order valence-corrected chi connectivity index (χ4v) is 1.87. The lowest BCUT2D eigenvalue weighted by atomic mass is 10.1. The first-order valence-corrected chi connectivity index (χ1v) is 6.00. The molecule has 1 aromatic rings. The van der Waals surface area contributed by atoms with Crippen LogP contribution < -0.4 is 15.2 Å². The van der Waals surface area contributed by atoms with Crippen LogP contribution in [0.1, 0.15) is 23.7 Å². The molecule has 0 aliphatic carbocycles. The molecule has 1 heterocycles. The van der Waals surface area contributed by atoms with E-state index in [0.717, 1.165) is 6.42 Å². The smallest absolute Gasteiger partial charge is 0.253 e. The van der Waals surface area contributed by atoms with E-state index in [9.17, 15) is 4.79 Å². The highest BCUT2D eigenvalue weighted by molar-refractivity contribution is 5.95. The van der Waals surface area contributed by atoms with Gasteiger partial charge < -0.3 is 20.1 Å². The van der Waals surface area contributed by atoms with Gasteiger partial charge in [-0.3, -0.25) is 4.79 Å². The van der Waals surface area contributed by atoms with Gasteiger partial charge in [-0.1, -0.05) is 0 Å². The van der Waals surface area contributed by atoms with Gasteiger partial charge in [-0.25, -0.2) is 0 Å². The molecule has 1 aromatic carbocycles. The Kier molecular flexibility index (Phi) is 3.72. The maximum Gasteiger partial charge on any atom is 0.253 e. The van der Waals surface area contributed by atoms with Gasteiger partial charge in [-0.15, -0.1) is 0 Å². The van der Waals surface area contributed by atoms with Crippen molar-refractivity contribution in [1.82, 2.24) is 4.90 Å². The SMILES string of the molecule is CC(CCN)N(C)C(=O)c1ccc2c(c1)OCO2. The number of carbonyl (C=O) groups is 1. The summed E-state index contributed by atoms with van der Waals surface area (Å²) in [6.07, 6.45) is 0.785. The highest BCUT2D eigenvalue weighted by Gasteiger charge is 2.20. The average Bonchev–Trinajstić information content (AvgIpc) is 2.84. The van der Waals surface area contributed by atoms with E-state index in [4.69, 9.17) is 15.2 Å². The molecule has 1 amide bonds. The predicted octanol–water partition coefficient (Wildman–Crippen LogP) is 1.22. The highest BCUT2D eigenvalue weighted by Crippen LogP contribution is 2.32. The van der Waals surface area contributed by atoms with Gasteiger partial charge in [-0.05, 0) is 38.1 Å². The quantitative estimate of drug-likeness (QED) is 0.872. The van der Waals surface area contributed by atoms with Crippen molar-refractivity contribution in [3.8, 4) is 11.5 Å². The maximum atomic E-state index is 12.2. The summed E-state index contributed by atoms with van der Waals surface area (Å²) in [5, 5.41) is 0. The molecule has 2 rings (SSSR count). The third-order valence-corrected chi connectivity index (χ3v) is 3.19. The van der Waals surface area contributed by atoms with Crippen molar-refractivity contribution in [2.24, 2.45) is 5.73 Å². The van der Waals surface area contributed by atoms with Gasteiger partial charge in [0.15, 0.2) is 11.5 Å². The van der Waals surface area contributed by atoms with Crippen LogP contribution in [0.25, 0.3) is 0 Å². The standard InChI is InChI=1S/C13H18N2O3/c1-9(5-6-14)15(2)13(16)10-3-4-11-12(7-10)18-8-17-11/h3-4,7,9H,5-6,8,14H2,1-2H3. The number of hydrogen-bond acceptors (Lipinski definition) is 4. The van der Waals surface area contributed by atoms with Crippen LogP contribution in [0.15, 0.2) is 18.2 Å². The van der Waals surface area contributed by atoms with E-state index in [1.165, 1.54) is 0 Å². The Morgan fingerprint density at radius 3 is 2.89 bits per heavy atom. The highest BCUT2D eigenvalue weighted by atomic mass is 16.7. The third-order valence-electron chi connectivity index (χ3n) is 3.19. The molecule has 0 saturated carbocycles. The lowest BCUT2D eigenvalue weighted by Crippen LogP contribution is -2.36. The van der Waals surface area contributed by atoms with Crippen LogP contribution >= 0.6 is 0 Å². The van der Waals surface area contributed by atoms with Crippen LogP contribution in [0.3, 0.4) is 0 Å². The zero-order valence-corrected chi connectivity index (χ0v) is 10.7. The molecule has 0 aromatic heterocycles. The van der Waals surface area contributed by atoms with E-state index in [0.29, 0.717) is 23.6 Å². The molecule has 98 valence electrons. The molecular weight excluding hydrogens is 232 g/mol. The van der Waals surface area contributed by atoms with Crippen molar-refractivity contribution in [2.45, 2.75) is 19.4 Å². The summed E-state index contributed by atoms with van der Waals surface area (Å²) in [6, 6.07) is 5.35. The Balaban J connectivity index is 2.13. The molecule has 0 fully saturated rings. The molecule has 2 N–H and O–H groups in total. The van der Waals surface area contributed by atoms with Crippen LogP contribution in [0.2, 0.25) is 0 Å². The lowest BCUT2D eigenvalue weighted by Gasteiger charge is -2.24. The molecular formula is C13H18N2O3. The number of rotatable bonds is 4. The summed E-state index contributed by atoms with van der Waals surface area (Å²) in [4.78, 5) is 13.9. The van der Waals surface area contributed by atoms with Crippen LogP contribution in [-0.4, -0.2) is 37.2 Å². The summed E-state index contributed by atoms with van der Waals surface area (Å²) in [5.41, 5.74) is 6.11. The fraction of sp³-hybridized carbons (Fsp3) is 0.462. The number of fused-ring (bicyclic) bond motifs is 1. The number of amides is 1. The number of ether oxygens (including phenoxy) is 2. The largest absolute Gasteiger partial charge is 0.454 e. The molecule has 5 nitrogen and oxygen atoms in total. The van der Waals surface area contributed by atoms with Crippen molar-refractivity contribution >= 4 is 5.91 Å². The van der Waals surface area contributed by atoms with Gasteiger partial charge >= 0.3 is 0 Å². The topological polar surface area (TPSA) is 64.8 Å². The van der Waals surface area contributed by atoms with Crippen LogP contribution in [0, 0.1) is 0 Å². The molecule has 0 bridgehead atoms. The van der Waals surface area contributed by atoms with Crippen molar-refractivity contribution in [3.05, 3.63) is 23.8 Å². The van der Waals surface area contributed by atoms with E-state index in [1.807, 2.05) is 6.92 Å². The van der Waals surface area contributed by atoms with E-state index in [2.05, 4.69) is 0 Å². The third kappa shape index (κ3) is 2.41. The number of nitrogens with zero attached hydrogens (tertiary/aromatic N) is 1. The second-order valence-electron chi connectivity index (χ2n) is 4.41. The Labute approximate surface area is 106 Å². The fourth-order valence-electron chi connectivity index (χ4n) is 1.87. The van der Waals surface area contributed by atoms with Crippen molar-refractivity contribution in [3.63, 3.8) is 0 Å². The summed E-state index contributed by atoms with van der Waals surface area (Å²) in [6.45, 7) is 2.77. The Bertz CT molecular complexity index is 448. The summed E-state index contributed by atoms with van der Waals surface area (Å²) in [5.74, 6) is 1.28. The predicted molar refractivity (Wildman–Crippen MR) is 67.8 cm³/mol. The minimum atomic E-state index is -0.0331. The van der Waals surface area contributed by atoms with Crippen LogP contribution in [0.5, 0.6) is 11.5 Å². The number of nitrogens with two attached hydrogens (primary N) is 1. The van der Waals surface area contributed by atoms with Crippen molar-refractivity contribution in [2.75, 3.05) is 20.4 Å².